The Morgan fingerprint density at radius 1 is 1.31 bits per heavy atom. The zero-order valence-electron chi connectivity index (χ0n) is 9.21. The molecule has 1 saturated carbocycles. The number of hydrogen-bond donors (Lipinski definition) is 0. The zero-order chi connectivity index (χ0) is 11.8. The summed E-state index contributed by atoms with van der Waals surface area (Å²) in [6.45, 7) is 0. The average molecular weight is 221 g/mol. The number of benzene rings is 1. The van der Waals surface area contributed by atoms with Crippen LogP contribution in [0, 0.1) is 17.1 Å². The first-order chi connectivity index (χ1) is 7.66. The van der Waals surface area contributed by atoms with Crippen LogP contribution in [0.3, 0.4) is 0 Å². The van der Waals surface area contributed by atoms with Crippen molar-refractivity contribution in [3.8, 4) is 17.6 Å². The normalized spacial score (nSPS) is 16.4. The molecule has 2 rings (SSSR count). The van der Waals surface area contributed by atoms with Crippen LogP contribution in [0.25, 0.3) is 0 Å². The van der Waals surface area contributed by atoms with E-state index >= 15 is 0 Å². The predicted octanol–water partition coefficient (Wildman–Crippen LogP) is 2.40. The lowest BCUT2D eigenvalue weighted by Gasteiger charge is -2.14. The molecule has 1 aliphatic carbocycles. The van der Waals surface area contributed by atoms with Crippen LogP contribution in [0.15, 0.2) is 12.1 Å². The highest BCUT2D eigenvalue weighted by atomic mass is 19.1. The fourth-order valence-electron chi connectivity index (χ4n) is 1.84. The summed E-state index contributed by atoms with van der Waals surface area (Å²) in [5.74, 6) is 0.345. The van der Waals surface area contributed by atoms with Crippen LogP contribution in [0.2, 0.25) is 0 Å². The van der Waals surface area contributed by atoms with Gasteiger partial charge in [-0.2, -0.15) is 5.26 Å². The van der Waals surface area contributed by atoms with Crippen molar-refractivity contribution >= 4 is 0 Å². The Hall–Kier alpha value is -1.76. The van der Waals surface area contributed by atoms with Gasteiger partial charge in [0.1, 0.15) is 17.3 Å². The van der Waals surface area contributed by atoms with Gasteiger partial charge in [-0.3, -0.25) is 0 Å². The zero-order valence-corrected chi connectivity index (χ0v) is 9.21. The van der Waals surface area contributed by atoms with Gasteiger partial charge >= 0.3 is 0 Å². The van der Waals surface area contributed by atoms with Crippen molar-refractivity contribution < 1.29 is 13.9 Å². The summed E-state index contributed by atoms with van der Waals surface area (Å²) in [7, 11) is 2.93. The molecule has 0 unspecified atom stereocenters. The number of rotatable bonds is 3. The summed E-state index contributed by atoms with van der Waals surface area (Å²) in [4.78, 5) is 0. The number of halogens is 1. The van der Waals surface area contributed by atoms with Crippen LogP contribution in [-0.2, 0) is 5.41 Å². The summed E-state index contributed by atoms with van der Waals surface area (Å²) in [5.41, 5.74) is -0.333. The highest BCUT2D eigenvalue weighted by Gasteiger charge is 2.49. The van der Waals surface area contributed by atoms with E-state index in [4.69, 9.17) is 14.7 Å². The highest BCUT2D eigenvalue weighted by molar-refractivity contribution is 5.52. The number of nitriles is 1. The van der Waals surface area contributed by atoms with Crippen molar-refractivity contribution in [2.24, 2.45) is 0 Å². The molecule has 0 N–H and O–H groups in total. The Morgan fingerprint density at radius 2 is 2.00 bits per heavy atom. The summed E-state index contributed by atoms with van der Waals surface area (Å²) in [6.07, 6.45) is 1.37. The van der Waals surface area contributed by atoms with E-state index in [1.165, 1.54) is 20.3 Å². The molecule has 0 saturated heterocycles. The van der Waals surface area contributed by atoms with Gasteiger partial charge in [0.25, 0.3) is 0 Å². The van der Waals surface area contributed by atoms with Gasteiger partial charge in [-0.05, 0) is 12.8 Å². The Labute approximate surface area is 93.4 Å². The van der Waals surface area contributed by atoms with Crippen molar-refractivity contribution in [1.82, 2.24) is 0 Å². The summed E-state index contributed by atoms with van der Waals surface area (Å²) in [6, 6.07) is 5.05. The van der Waals surface area contributed by atoms with Crippen molar-refractivity contribution in [2.75, 3.05) is 14.2 Å². The lowest BCUT2D eigenvalue weighted by atomic mass is 9.96. The molecule has 0 heterocycles. The lowest BCUT2D eigenvalue weighted by molar-refractivity contribution is 0.381. The minimum absolute atomic E-state index is 0.360. The molecular formula is C12H12FNO2. The summed E-state index contributed by atoms with van der Waals surface area (Å²) < 4.78 is 24.0. The molecule has 0 atom stereocenters. The third-order valence-electron chi connectivity index (χ3n) is 2.93. The second-order valence-electron chi connectivity index (χ2n) is 3.88. The minimum atomic E-state index is -0.693. The van der Waals surface area contributed by atoms with Gasteiger partial charge in [-0.15, -0.1) is 0 Å². The van der Waals surface area contributed by atoms with Gasteiger partial charge in [-0.1, -0.05) is 0 Å². The number of hydrogen-bond acceptors (Lipinski definition) is 3. The molecule has 0 aliphatic heterocycles. The fraction of sp³-hybridized carbons (Fsp3) is 0.417. The van der Waals surface area contributed by atoms with Gasteiger partial charge in [-0.25, -0.2) is 4.39 Å². The van der Waals surface area contributed by atoms with Crippen LogP contribution in [-0.4, -0.2) is 14.2 Å². The number of nitrogens with zero attached hydrogens (tertiary/aromatic N) is 1. The molecule has 1 fully saturated rings. The van der Waals surface area contributed by atoms with Gasteiger partial charge in [0.15, 0.2) is 0 Å². The van der Waals surface area contributed by atoms with E-state index in [-0.39, 0.29) is 0 Å². The minimum Gasteiger partial charge on any atom is -0.497 e. The van der Waals surface area contributed by atoms with E-state index < -0.39 is 11.2 Å². The summed E-state index contributed by atoms with van der Waals surface area (Å²) >= 11 is 0. The topological polar surface area (TPSA) is 42.2 Å². The molecule has 16 heavy (non-hydrogen) atoms. The second-order valence-corrected chi connectivity index (χ2v) is 3.88. The maximum Gasteiger partial charge on any atom is 0.135 e. The maximum atomic E-state index is 13.9. The van der Waals surface area contributed by atoms with Crippen LogP contribution in [0.5, 0.6) is 11.5 Å². The number of methoxy groups -OCH3 is 2. The van der Waals surface area contributed by atoms with E-state index in [0.717, 1.165) is 0 Å². The molecule has 0 radical (unpaired) electrons. The van der Waals surface area contributed by atoms with Gasteiger partial charge < -0.3 is 9.47 Å². The second kappa shape index (κ2) is 3.67. The molecule has 0 aromatic heterocycles. The Balaban J connectivity index is 2.57. The first-order valence-corrected chi connectivity index (χ1v) is 5.00. The SMILES string of the molecule is COc1cc(F)c(C2(C#N)CC2)c(OC)c1. The first kappa shape index (κ1) is 10.7. The number of ether oxygens (including phenoxy) is 2. The molecule has 0 spiro atoms. The molecule has 3 nitrogen and oxygen atoms in total. The van der Waals surface area contributed by atoms with E-state index in [1.54, 1.807) is 6.07 Å². The molecule has 0 amide bonds. The van der Waals surface area contributed by atoms with Crippen LogP contribution in [0.4, 0.5) is 4.39 Å². The van der Waals surface area contributed by atoms with E-state index in [1.807, 2.05) is 0 Å². The molecular weight excluding hydrogens is 209 g/mol. The first-order valence-electron chi connectivity index (χ1n) is 5.00. The van der Waals surface area contributed by atoms with E-state index in [0.29, 0.717) is 29.9 Å². The van der Waals surface area contributed by atoms with Crippen molar-refractivity contribution in [2.45, 2.75) is 18.3 Å². The van der Waals surface area contributed by atoms with Gasteiger partial charge in [0, 0.05) is 12.1 Å². The maximum absolute atomic E-state index is 13.9. The van der Waals surface area contributed by atoms with Crippen LogP contribution < -0.4 is 9.47 Å². The van der Waals surface area contributed by atoms with Gasteiger partial charge in [0.05, 0.1) is 31.3 Å². The summed E-state index contributed by atoms with van der Waals surface area (Å²) in [5, 5.41) is 9.08. The van der Waals surface area contributed by atoms with Crippen molar-refractivity contribution in [1.29, 1.82) is 5.26 Å². The Morgan fingerprint density at radius 3 is 2.44 bits per heavy atom. The van der Waals surface area contributed by atoms with Crippen LogP contribution >= 0.6 is 0 Å². The standard InChI is InChI=1S/C12H12FNO2/c1-15-8-5-9(13)11(10(6-8)16-2)12(7-14)3-4-12/h5-6H,3-4H2,1-2H3. The largest absolute Gasteiger partial charge is 0.497 e. The lowest BCUT2D eigenvalue weighted by Crippen LogP contribution is -2.09. The third-order valence-corrected chi connectivity index (χ3v) is 2.93. The van der Waals surface area contributed by atoms with Gasteiger partial charge in [0.2, 0.25) is 0 Å². The molecule has 1 aliphatic rings. The molecule has 1 aromatic carbocycles. The molecule has 4 heteroatoms. The Kier molecular flexibility index (Phi) is 2.47. The Bertz CT molecular complexity index is 461. The van der Waals surface area contributed by atoms with E-state index in [2.05, 4.69) is 6.07 Å². The van der Waals surface area contributed by atoms with E-state index in [9.17, 15) is 4.39 Å². The van der Waals surface area contributed by atoms with Crippen molar-refractivity contribution in [3.05, 3.63) is 23.5 Å². The molecule has 0 bridgehead atoms. The molecule has 84 valence electrons. The van der Waals surface area contributed by atoms with Crippen LogP contribution in [0.1, 0.15) is 18.4 Å². The monoisotopic (exact) mass is 221 g/mol. The highest BCUT2D eigenvalue weighted by Crippen LogP contribution is 2.52. The smallest absolute Gasteiger partial charge is 0.135 e. The quantitative estimate of drug-likeness (QED) is 0.787. The predicted molar refractivity (Wildman–Crippen MR) is 56.0 cm³/mol. The average Bonchev–Trinajstić information content (AvgIpc) is 3.08. The molecule has 1 aromatic rings. The van der Waals surface area contributed by atoms with Crippen molar-refractivity contribution in [3.63, 3.8) is 0 Å². The fourth-order valence-corrected chi connectivity index (χ4v) is 1.84. The third kappa shape index (κ3) is 1.49.